The summed E-state index contributed by atoms with van der Waals surface area (Å²) < 4.78 is 32.5. The Kier molecular flexibility index (Phi) is 3.80. The highest BCUT2D eigenvalue weighted by atomic mass is 32.2. The third-order valence-corrected chi connectivity index (χ3v) is 5.60. The van der Waals surface area contributed by atoms with Crippen molar-refractivity contribution in [3.8, 4) is 0 Å². The standard InChI is InChI=1S/C17H15N3O5S/c21-16-2-1-9-20(16)12-4-6-13(7-5-12)26(23,24)19-11-3-8-15-14(10-11)18-17(22)25-15/h3-8,10,19H,1-2,9H2,(H,18,22). The van der Waals surface area contributed by atoms with E-state index in [2.05, 4.69) is 9.71 Å². The maximum absolute atomic E-state index is 12.6. The largest absolute Gasteiger partial charge is 0.417 e. The molecule has 1 amide bonds. The fourth-order valence-electron chi connectivity index (χ4n) is 2.96. The van der Waals surface area contributed by atoms with Crippen LogP contribution >= 0.6 is 0 Å². The predicted octanol–water partition coefficient (Wildman–Crippen LogP) is 2.05. The van der Waals surface area contributed by atoms with Crippen LogP contribution in [0.5, 0.6) is 0 Å². The fraction of sp³-hybridized carbons (Fsp3) is 0.176. The van der Waals surface area contributed by atoms with Crippen LogP contribution in [0.3, 0.4) is 0 Å². The summed E-state index contributed by atoms with van der Waals surface area (Å²) in [6.45, 7) is 0.645. The molecule has 1 fully saturated rings. The molecule has 0 saturated carbocycles. The van der Waals surface area contributed by atoms with E-state index in [9.17, 15) is 18.0 Å². The van der Waals surface area contributed by atoms with E-state index < -0.39 is 15.8 Å². The number of rotatable bonds is 4. The van der Waals surface area contributed by atoms with Crippen LogP contribution in [0.2, 0.25) is 0 Å². The van der Waals surface area contributed by atoms with E-state index in [1.54, 1.807) is 17.0 Å². The summed E-state index contributed by atoms with van der Waals surface area (Å²) in [5.74, 6) is -0.562. The molecule has 26 heavy (non-hydrogen) atoms. The minimum absolute atomic E-state index is 0.0427. The van der Waals surface area contributed by atoms with Crippen LogP contribution in [-0.2, 0) is 14.8 Å². The first-order chi connectivity index (χ1) is 12.4. The van der Waals surface area contributed by atoms with Crippen LogP contribution in [0.15, 0.2) is 56.6 Å². The van der Waals surface area contributed by atoms with Gasteiger partial charge in [-0.2, -0.15) is 0 Å². The third-order valence-electron chi connectivity index (χ3n) is 4.20. The molecule has 1 aliphatic rings. The fourth-order valence-corrected chi connectivity index (χ4v) is 4.01. The van der Waals surface area contributed by atoms with Crippen molar-refractivity contribution in [2.24, 2.45) is 0 Å². The van der Waals surface area contributed by atoms with E-state index in [1.165, 1.54) is 30.3 Å². The lowest BCUT2D eigenvalue weighted by atomic mass is 10.3. The van der Waals surface area contributed by atoms with E-state index in [0.717, 1.165) is 6.42 Å². The average molecular weight is 373 g/mol. The highest BCUT2D eigenvalue weighted by Crippen LogP contribution is 2.24. The van der Waals surface area contributed by atoms with E-state index in [4.69, 9.17) is 4.42 Å². The average Bonchev–Trinajstić information content (AvgIpc) is 3.19. The zero-order chi connectivity index (χ0) is 18.3. The Balaban J connectivity index is 1.59. The second-order valence-electron chi connectivity index (χ2n) is 5.97. The number of hydrogen-bond acceptors (Lipinski definition) is 5. The maximum atomic E-state index is 12.6. The molecule has 3 aromatic rings. The first-order valence-electron chi connectivity index (χ1n) is 7.98. The summed E-state index contributed by atoms with van der Waals surface area (Å²) in [7, 11) is -3.81. The molecular formula is C17H15N3O5S. The molecule has 8 nitrogen and oxygen atoms in total. The van der Waals surface area contributed by atoms with Crippen molar-refractivity contribution in [2.75, 3.05) is 16.2 Å². The first-order valence-corrected chi connectivity index (χ1v) is 9.47. The van der Waals surface area contributed by atoms with E-state index >= 15 is 0 Å². The number of H-pyrrole nitrogens is 1. The summed E-state index contributed by atoms with van der Waals surface area (Å²) in [4.78, 5) is 27.1. The van der Waals surface area contributed by atoms with Gasteiger partial charge in [0.05, 0.1) is 16.1 Å². The number of anilines is 2. The molecular weight excluding hydrogens is 358 g/mol. The van der Waals surface area contributed by atoms with Crippen molar-refractivity contribution in [3.63, 3.8) is 0 Å². The number of fused-ring (bicyclic) bond motifs is 1. The number of carbonyl (C=O) groups excluding carboxylic acids is 1. The third kappa shape index (κ3) is 2.97. The molecule has 134 valence electrons. The molecule has 2 N–H and O–H groups in total. The van der Waals surface area contributed by atoms with Crippen LogP contribution in [0.25, 0.3) is 11.1 Å². The van der Waals surface area contributed by atoms with Crippen molar-refractivity contribution in [1.82, 2.24) is 4.98 Å². The second-order valence-corrected chi connectivity index (χ2v) is 7.66. The Morgan fingerprint density at radius 2 is 1.85 bits per heavy atom. The van der Waals surface area contributed by atoms with Gasteiger partial charge in [0.25, 0.3) is 10.0 Å². The zero-order valence-electron chi connectivity index (χ0n) is 13.6. The first kappa shape index (κ1) is 16.4. The Hall–Kier alpha value is -3.07. The number of aromatic amines is 1. The summed E-state index contributed by atoms with van der Waals surface area (Å²) >= 11 is 0. The Bertz CT molecular complexity index is 1150. The molecule has 1 aliphatic heterocycles. The molecule has 1 saturated heterocycles. The number of carbonyl (C=O) groups is 1. The lowest BCUT2D eigenvalue weighted by molar-refractivity contribution is -0.117. The van der Waals surface area contributed by atoms with E-state index in [-0.39, 0.29) is 10.8 Å². The zero-order valence-corrected chi connectivity index (χ0v) is 14.4. The van der Waals surface area contributed by atoms with Gasteiger partial charge in [0.1, 0.15) is 0 Å². The normalized spacial score (nSPS) is 14.9. The Morgan fingerprint density at radius 1 is 1.08 bits per heavy atom. The summed E-state index contributed by atoms with van der Waals surface area (Å²) in [6.07, 6.45) is 1.32. The minimum Gasteiger partial charge on any atom is -0.408 e. The van der Waals surface area contributed by atoms with Crippen LogP contribution in [0, 0.1) is 0 Å². The number of benzene rings is 2. The van der Waals surface area contributed by atoms with Crippen LogP contribution in [-0.4, -0.2) is 25.9 Å². The van der Waals surface area contributed by atoms with Gasteiger partial charge in [-0.3, -0.25) is 14.5 Å². The Morgan fingerprint density at radius 3 is 2.54 bits per heavy atom. The Labute approximate surface area is 148 Å². The highest BCUT2D eigenvalue weighted by Gasteiger charge is 2.22. The molecule has 0 radical (unpaired) electrons. The van der Waals surface area contributed by atoms with Gasteiger partial charge < -0.3 is 9.32 Å². The molecule has 9 heteroatoms. The molecule has 0 unspecified atom stereocenters. The van der Waals surface area contributed by atoms with Gasteiger partial charge in [-0.05, 0) is 48.9 Å². The molecule has 0 atom stereocenters. The predicted molar refractivity (Wildman–Crippen MR) is 95.7 cm³/mol. The number of hydrogen-bond donors (Lipinski definition) is 2. The molecule has 0 bridgehead atoms. The quantitative estimate of drug-likeness (QED) is 0.727. The number of aromatic nitrogens is 1. The van der Waals surface area contributed by atoms with Gasteiger partial charge in [-0.1, -0.05) is 0 Å². The lowest BCUT2D eigenvalue weighted by Gasteiger charge is -2.16. The second kappa shape index (κ2) is 6.03. The number of nitrogens with zero attached hydrogens (tertiary/aromatic N) is 1. The van der Waals surface area contributed by atoms with Gasteiger partial charge in [0.15, 0.2) is 5.58 Å². The molecule has 2 aromatic carbocycles. The van der Waals surface area contributed by atoms with Crippen LogP contribution in [0.4, 0.5) is 11.4 Å². The lowest BCUT2D eigenvalue weighted by Crippen LogP contribution is -2.23. The molecule has 2 heterocycles. The topological polar surface area (TPSA) is 112 Å². The molecule has 4 rings (SSSR count). The monoisotopic (exact) mass is 373 g/mol. The smallest absolute Gasteiger partial charge is 0.408 e. The van der Waals surface area contributed by atoms with E-state index in [0.29, 0.717) is 35.4 Å². The van der Waals surface area contributed by atoms with E-state index in [1.807, 2.05) is 0 Å². The minimum atomic E-state index is -3.81. The highest BCUT2D eigenvalue weighted by molar-refractivity contribution is 7.92. The number of oxazole rings is 1. The number of sulfonamides is 1. The van der Waals surface area contributed by atoms with Gasteiger partial charge in [0, 0.05) is 18.7 Å². The van der Waals surface area contributed by atoms with Crippen molar-refractivity contribution in [1.29, 1.82) is 0 Å². The summed E-state index contributed by atoms with van der Waals surface area (Å²) in [5, 5.41) is 0. The molecule has 0 spiro atoms. The number of nitrogens with one attached hydrogen (secondary N) is 2. The van der Waals surface area contributed by atoms with Gasteiger partial charge in [-0.25, -0.2) is 13.2 Å². The van der Waals surface area contributed by atoms with Gasteiger partial charge in [0.2, 0.25) is 5.91 Å². The summed E-state index contributed by atoms with van der Waals surface area (Å²) in [6, 6.07) is 10.7. The maximum Gasteiger partial charge on any atom is 0.417 e. The SMILES string of the molecule is O=C1CCCN1c1ccc(S(=O)(=O)Nc2ccc3oc(=O)[nH]c3c2)cc1. The molecule has 1 aromatic heterocycles. The van der Waals surface area contributed by atoms with Gasteiger partial charge >= 0.3 is 5.76 Å². The van der Waals surface area contributed by atoms with Crippen molar-refractivity contribution in [2.45, 2.75) is 17.7 Å². The van der Waals surface area contributed by atoms with Crippen LogP contribution in [0.1, 0.15) is 12.8 Å². The number of amides is 1. The molecule has 0 aliphatic carbocycles. The summed E-state index contributed by atoms with van der Waals surface area (Å²) in [5.41, 5.74) is 1.73. The van der Waals surface area contributed by atoms with Crippen molar-refractivity contribution < 1.29 is 17.6 Å². The van der Waals surface area contributed by atoms with Crippen molar-refractivity contribution >= 4 is 38.4 Å². The van der Waals surface area contributed by atoms with Crippen LogP contribution < -0.4 is 15.4 Å². The van der Waals surface area contributed by atoms with Gasteiger partial charge in [-0.15, -0.1) is 0 Å². The van der Waals surface area contributed by atoms with Crippen molar-refractivity contribution in [3.05, 3.63) is 53.0 Å².